The van der Waals surface area contributed by atoms with Crippen molar-refractivity contribution in [3.05, 3.63) is 5.82 Å². The van der Waals surface area contributed by atoms with E-state index in [1.807, 2.05) is 11.8 Å². The third-order valence-corrected chi connectivity index (χ3v) is 5.23. The van der Waals surface area contributed by atoms with Crippen molar-refractivity contribution in [2.45, 2.75) is 68.6 Å². The summed E-state index contributed by atoms with van der Waals surface area (Å²) in [4.78, 5) is 14.5. The molecule has 0 aliphatic heterocycles. The molecule has 2 N–H and O–H groups in total. The lowest BCUT2D eigenvalue weighted by Gasteiger charge is -2.35. The minimum Gasteiger partial charge on any atom is -0.339 e. The number of rotatable bonds is 5. The first-order chi connectivity index (χ1) is 11.3. The average Bonchev–Trinajstić information content (AvgIpc) is 2.90. The molecule has 1 heterocycles. The molecule has 1 amide bonds. The largest absolute Gasteiger partial charge is 0.453 e. The van der Waals surface area contributed by atoms with Crippen LogP contribution in [0.2, 0.25) is 0 Å². The van der Waals surface area contributed by atoms with Crippen LogP contribution in [0.15, 0.2) is 5.16 Å². The predicted molar refractivity (Wildman–Crippen MR) is 84.8 cm³/mol. The van der Waals surface area contributed by atoms with Gasteiger partial charge in [0.1, 0.15) is 0 Å². The molecule has 0 bridgehead atoms. The van der Waals surface area contributed by atoms with E-state index in [4.69, 9.17) is 5.84 Å². The molecule has 6 nitrogen and oxygen atoms in total. The van der Waals surface area contributed by atoms with Crippen molar-refractivity contribution in [1.82, 2.24) is 19.8 Å². The lowest BCUT2D eigenvalue weighted by Crippen LogP contribution is -2.44. The summed E-state index contributed by atoms with van der Waals surface area (Å²) >= 11 is 0.896. The Balaban J connectivity index is 2.06. The molecule has 1 aliphatic carbocycles. The van der Waals surface area contributed by atoms with E-state index in [0.29, 0.717) is 11.2 Å². The van der Waals surface area contributed by atoms with Crippen LogP contribution in [0.4, 0.5) is 13.2 Å². The van der Waals surface area contributed by atoms with Crippen LogP contribution in [-0.4, -0.2) is 43.5 Å². The van der Waals surface area contributed by atoms with Crippen molar-refractivity contribution in [2.24, 2.45) is 0 Å². The average molecular weight is 365 g/mol. The molecule has 1 fully saturated rings. The van der Waals surface area contributed by atoms with Crippen LogP contribution in [0.5, 0.6) is 0 Å². The van der Waals surface area contributed by atoms with Gasteiger partial charge in [0, 0.05) is 12.6 Å². The second-order valence-electron chi connectivity index (χ2n) is 5.85. The van der Waals surface area contributed by atoms with Crippen LogP contribution in [0.25, 0.3) is 0 Å². The van der Waals surface area contributed by atoms with Gasteiger partial charge in [0.15, 0.2) is 0 Å². The summed E-state index contributed by atoms with van der Waals surface area (Å²) in [7, 11) is 0. The van der Waals surface area contributed by atoms with Gasteiger partial charge in [-0.1, -0.05) is 31.0 Å². The van der Waals surface area contributed by atoms with E-state index in [9.17, 15) is 18.0 Å². The number of amides is 1. The van der Waals surface area contributed by atoms with Gasteiger partial charge in [-0.2, -0.15) is 13.2 Å². The van der Waals surface area contributed by atoms with E-state index >= 15 is 0 Å². The summed E-state index contributed by atoms with van der Waals surface area (Å²) < 4.78 is 38.5. The van der Waals surface area contributed by atoms with Crippen molar-refractivity contribution >= 4 is 17.7 Å². The molecule has 1 aromatic heterocycles. The Bertz CT molecular complexity index is 571. The highest BCUT2D eigenvalue weighted by molar-refractivity contribution is 8.00. The normalized spacial score (nSPS) is 17.7. The Morgan fingerprint density at radius 2 is 2.00 bits per heavy atom. The second kappa shape index (κ2) is 7.62. The van der Waals surface area contributed by atoms with Crippen LogP contribution in [0, 0.1) is 0 Å². The number of thioether (sulfide) groups is 1. The van der Waals surface area contributed by atoms with Crippen molar-refractivity contribution in [3.8, 4) is 0 Å². The Labute approximate surface area is 142 Å². The Morgan fingerprint density at radius 1 is 1.38 bits per heavy atom. The zero-order valence-corrected chi connectivity index (χ0v) is 14.5. The second-order valence-corrected chi connectivity index (χ2v) is 7.16. The first-order valence-electron chi connectivity index (χ1n) is 8.00. The lowest BCUT2D eigenvalue weighted by molar-refractivity contribution is -0.146. The summed E-state index contributed by atoms with van der Waals surface area (Å²) in [5, 5.41) is 5.83. The fourth-order valence-corrected chi connectivity index (χ4v) is 3.82. The molecule has 0 unspecified atom stereocenters. The van der Waals surface area contributed by atoms with Crippen LogP contribution in [0.1, 0.15) is 51.8 Å². The number of alkyl halides is 3. The smallest absolute Gasteiger partial charge is 0.339 e. The number of hydrogen-bond acceptors (Lipinski definition) is 5. The number of carbonyl (C=O) groups is 1. The van der Waals surface area contributed by atoms with E-state index in [0.717, 1.165) is 37.4 Å². The Hall–Kier alpha value is -1.45. The molecule has 2 rings (SSSR count). The van der Waals surface area contributed by atoms with Crippen LogP contribution >= 0.6 is 11.8 Å². The summed E-state index contributed by atoms with van der Waals surface area (Å²) in [6.07, 6.45) is 0.656. The first-order valence-corrected chi connectivity index (χ1v) is 8.88. The number of nitrogen functional groups attached to an aromatic ring is 1. The number of nitrogens with zero attached hydrogens (tertiary/aromatic N) is 4. The van der Waals surface area contributed by atoms with Gasteiger partial charge >= 0.3 is 6.18 Å². The van der Waals surface area contributed by atoms with E-state index in [2.05, 4.69) is 10.2 Å². The highest BCUT2D eigenvalue weighted by Crippen LogP contribution is 2.31. The summed E-state index contributed by atoms with van der Waals surface area (Å²) in [5.41, 5.74) is 0. The summed E-state index contributed by atoms with van der Waals surface area (Å²) in [6, 6.07) is 0.209. The van der Waals surface area contributed by atoms with Crippen molar-refractivity contribution < 1.29 is 18.0 Å². The molecule has 0 radical (unpaired) electrons. The van der Waals surface area contributed by atoms with Gasteiger partial charge in [-0.25, -0.2) is 4.68 Å². The highest BCUT2D eigenvalue weighted by Gasteiger charge is 2.39. The monoisotopic (exact) mass is 365 g/mol. The molecular formula is C14H22F3N5OS. The minimum absolute atomic E-state index is 0.106. The highest BCUT2D eigenvalue weighted by atomic mass is 32.2. The third kappa shape index (κ3) is 4.14. The summed E-state index contributed by atoms with van der Waals surface area (Å²) in [6.45, 7) is 4.15. The molecule has 10 heteroatoms. The van der Waals surface area contributed by atoms with E-state index in [1.165, 1.54) is 6.42 Å². The predicted octanol–water partition coefficient (Wildman–Crippen LogP) is 2.67. The van der Waals surface area contributed by atoms with Crippen molar-refractivity contribution in [2.75, 3.05) is 12.4 Å². The van der Waals surface area contributed by atoms with E-state index in [1.54, 1.807) is 6.92 Å². The van der Waals surface area contributed by atoms with Crippen LogP contribution < -0.4 is 5.84 Å². The van der Waals surface area contributed by atoms with Crippen LogP contribution in [0.3, 0.4) is 0 Å². The SMILES string of the molecule is CCN(C(=O)[C@H](C)Sc1nnc(C(F)(F)F)n1N)C1CCCCC1. The van der Waals surface area contributed by atoms with Gasteiger partial charge in [0.25, 0.3) is 5.82 Å². The van der Waals surface area contributed by atoms with E-state index in [-0.39, 0.29) is 17.1 Å². The molecule has 1 aliphatic rings. The molecule has 0 spiro atoms. The van der Waals surface area contributed by atoms with E-state index < -0.39 is 17.3 Å². The zero-order valence-electron chi connectivity index (χ0n) is 13.7. The minimum atomic E-state index is -4.68. The first kappa shape index (κ1) is 18.9. The zero-order chi connectivity index (χ0) is 17.9. The maximum atomic E-state index is 12.7. The van der Waals surface area contributed by atoms with Crippen molar-refractivity contribution in [3.63, 3.8) is 0 Å². The summed E-state index contributed by atoms with van der Waals surface area (Å²) in [5.74, 6) is 4.04. The molecular weight excluding hydrogens is 343 g/mol. The fourth-order valence-electron chi connectivity index (χ4n) is 2.98. The Morgan fingerprint density at radius 3 is 2.50 bits per heavy atom. The quantitative estimate of drug-likeness (QED) is 0.641. The maximum absolute atomic E-state index is 12.7. The third-order valence-electron chi connectivity index (χ3n) is 4.19. The number of nitrogens with two attached hydrogens (primary N) is 1. The van der Waals surface area contributed by atoms with Gasteiger partial charge in [-0.15, -0.1) is 10.2 Å². The number of hydrogen-bond donors (Lipinski definition) is 1. The Kier molecular flexibility index (Phi) is 6.00. The van der Waals surface area contributed by atoms with Crippen molar-refractivity contribution in [1.29, 1.82) is 0 Å². The number of carbonyl (C=O) groups excluding carboxylic acids is 1. The standard InChI is InChI=1S/C14H22F3N5OS/c1-3-21(10-7-5-4-6-8-10)11(23)9(2)24-13-20-19-12(22(13)18)14(15,16)17/h9-10H,3-8,18H2,1-2H3/t9-/m0/s1. The van der Waals surface area contributed by atoms with Gasteiger partial charge in [-0.3, -0.25) is 4.79 Å². The maximum Gasteiger partial charge on any atom is 0.453 e. The fraction of sp³-hybridized carbons (Fsp3) is 0.786. The van der Waals surface area contributed by atoms with Gasteiger partial charge in [-0.05, 0) is 26.7 Å². The van der Waals surface area contributed by atoms with Gasteiger partial charge in [0.05, 0.1) is 5.25 Å². The van der Waals surface area contributed by atoms with Gasteiger partial charge < -0.3 is 10.7 Å². The molecule has 136 valence electrons. The molecule has 1 atom stereocenters. The number of aromatic nitrogens is 3. The number of halogens is 3. The molecule has 1 saturated carbocycles. The molecule has 1 aromatic rings. The molecule has 0 aromatic carbocycles. The molecule has 0 saturated heterocycles. The van der Waals surface area contributed by atoms with Crippen LogP contribution in [-0.2, 0) is 11.0 Å². The lowest BCUT2D eigenvalue weighted by atomic mass is 9.94. The molecule has 24 heavy (non-hydrogen) atoms. The van der Waals surface area contributed by atoms with Gasteiger partial charge in [0.2, 0.25) is 11.1 Å². The topological polar surface area (TPSA) is 77.0 Å².